The molecule has 1 unspecified atom stereocenters. The third-order valence-electron chi connectivity index (χ3n) is 2.22. The van der Waals surface area contributed by atoms with E-state index < -0.39 is 0 Å². The van der Waals surface area contributed by atoms with Gasteiger partial charge in [-0.05, 0) is 5.92 Å². The molecule has 0 amide bonds. The predicted octanol–water partition coefficient (Wildman–Crippen LogP) is 2.24. The van der Waals surface area contributed by atoms with Crippen LogP contribution in [0, 0.1) is 5.92 Å². The highest BCUT2D eigenvalue weighted by Gasteiger charge is 2.11. The number of nitrogen functional groups attached to an aromatic ring is 1. The number of nitrogens with one attached hydrogen (secondary N) is 1. The highest BCUT2D eigenvalue weighted by molar-refractivity contribution is 7.99. The van der Waals surface area contributed by atoms with Crippen LogP contribution in [0.2, 0.25) is 0 Å². The molecule has 0 spiro atoms. The Labute approximate surface area is 95.1 Å². The summed E-state index contributed by atoms with van der Waals surface area (Å²) in [4.78, 5) is 8.24. The maximum atomic E-state index is 5.61. The van der Waals surface area contributed by atoms with Crippen molar-refractivity contribution in [3.05, 3.63) is 6.07 Å². The van der Waals surface area contributed by atoms with Crippen molar-refractivity contribution in [1.82, 2.24) is 9.97 Å². The van der Waals surface area contributed by atoms with E-state index in [1.807, 2.05) is 13.1 Å². The van der Waals surface area contributed by atoms with Gasteiger partial charge in [-0.15, -0.1) is 11.8 Å². The molecule has 3 N–H and O–H groups in total. The first-order valence-electron chi connectivity index (χ1n) is 5.02. The second-order valence-corrected chi connectivity index (χ2v) is 5.16. The average molecular weight is 226 g/mol. The highest BCUT2D eigenvalue weighted by Crippen LogP contribution is 2.27. The Kier molecular flexibility index (Phi) is 4.20. The van der Waals surface area contributed by atoms with E-state index in [9.17, 15) is 0 Å². The molecular weight excluding hydrogens is 208 g/mol. The molecule has 0 aliphatic carbocycles. The fourth-order valence-corrected chi connectivity index (χ4v) is 1.94. The van der Waals surface area contributed by atoms with Crippen molar-refractivity contribution in [2.75, 3.05) is 18.1 Å². The summed E-state index contributed by atoms with van der Waals surface area (Å²) in [5.74, 6) is 1.70. The van der Waals surface area contributed by atoms with E-state index in [0.717, 1.165) is 10.8 Å². The standard InChI is InChI=1S/C10H18N4S/c1-6(2)7(3)15-9-5-8(12-4)13-10(11)14-9/h5-7H,1-4H3,(H3,11,12,13,14). The Balaban J connectivity index is 2.80. The zero-order valence-electron chi connectivity index (χ0n) is 9.61. The number of thioether (sulfide) groups is 1. The molecule has 1 aromatic rings. The van der Waals surface area contributed by atoms with Gasteiger partial charge < -0.3 is 11.1 Å². The molecule has 1 rings (SSSR count). The lowest BCUT2D eigenvalue weighted by molar-refractivity contribution is 0.641. The van der Waals surface area contributed by atoms with Crippen LogP contribution in [0.25, 0.3) is 0 Å². The van der Waals surface area contributed by atoms with Crippen LogP contribution >= 0.6 is 11.8 Å². The molecule has 0 aromatic carbocycles. The predicted molar refractivity (Wildman–Crippen MR) is 66.1 cm³/mol. The zero-order chi connectivity index (χ0) is 11.4. The molecule has 1 aromatic heterocycles. The summed E-state index contributed by atoms with van der Waals surface area (Å²) in [6, 6.07) is 1.92. The molecule has 5 heteroatoms. The highest BCUT2D eigenvalue weighted by atomic mass is 32.2. The van der Waals surface area contributed by atoms with Crippen molar-refractivity contribution in [2.45, 2.75) is 31.0 Å². The second kappa shape index (κ2) is 5.21. The maximum Gasteiger partial charge on any atom is 0.223 e. The van der Waals surface area contributed by atoms with E-state index in [1.54, 1.807) is 11.8 Å². The molecule has 0 fully saturated rings. The third kappa shape index (κ3) is 3.58. The Bertz CT molecular complexity index is 327. The van der Waals surface area contributed by atoms with Crippen LogP contribution in [0.1, 0.15) is 20.8 Å². The largest absolute Gasteiger partial charge is 0.373 e. The van der Waals surface area contributed by atoms with Crippen LogP contribution in [-0.2, 0) is 0 Å². The van der Waals surface area contributed by atoms with Crippen LogP contribution < -0.4 is 11.1 Å². The van der Waals surface area contributed by atoms with Gasteiger partial charge in [0, 0.05) is 18.4 Å². The van der Waals surface area contributed by atoms with Gasteiger partial charge in [0.2, 0.25) is 5.95 Å². The summed E-state index contributed by atoms with van der Waals surface area (Å²) in [5.41, 5.74) is 5.61. The lowest BCUT2D eigenvalue weighted by Crippen LogP contribution is -2.07. The van der Waals surface area contributed by atoms with Gasteiger partial charge in [-0.2, -0.15) is 4.98 Å². The van der Waals surface area contributed by atoms with Crippen LogP contribution in [-0.4, -0.2) is 22.3 Å². The van der Waals surface area contributed by atoms with Crippen molar-refractivity contribution in [2.24, 2.45) is 5.92 Å². The molecule has 0 saturated heterocycles. The van der Waals surface area contributed by atoms with Gasteiger partial charge in [0.05, 0.1) is 0 Å². The number of hydrogen-bond donors (Lipinski definition) is 2. The van der Waals surface area contributed by atoms with E-state index in [1.165, 1.54) is 0 Å². The van der Waals surface area contributed by atoms with Crippen LogP contribution in [0.4, 0.5) is 11.8 Å². The van der Waals surface area contributed by atoms with E-state index in [0.29, 0.717) is 17.1 Å². The molecule has 0 bridgehead atoms. The normalized spacial score (nSPS) is 12.9. The minimum absolute atomic E-state index is 0.320. The molecule has 1 heterocycles. The van der Waals surface area contributed by atoms with E-state index in [4.69, 9.17) is 5.73 Å². The summed E-state index contributed by atoms with van der Waals surface area (Å²) in [7, 11) is 1.82. The van der Waals surface area contributed by atoms with Gasteiger partial charge in [0.25, 0.3) is 0 Å². The van der Waals surface area contributed by atoms with E-state index >= 15 is 0 Å². The van der Waals surface area contributed by atoms with Crippen LogP contribution in [0.15, 0.2) is 11.1 Å². The quantitative estimate of drug-likeness (QED) is 0.609. The summed E-state index contributed by atoms with van der Waals surface area (Å²) >= 11 is 1.72. The van der Waals surface area contributed by atoms with Crippen molar-refractivity contribution in [3.63, 3.8) is 0 Å². The van der Waals surface area contributed by atoms with Gasteiger partial charge in [0.1, 0.15) is 10.8 Å². The fraction of sp³-hybridized carbons (Fsp3) is 0.600. The number of hydrogen-bond acceptors (Lipinski definition) is 5. The average Bonchev–Trinajstić information content (AvgIpc) is 2.16. The Morgan fingerprint density at radius 3 is 2.53 bits per heavy atom. The number of nitrogens with zero attached hydrogens (tertiary/aromatic N) is 2. The lowest BCUT2D eigenvalue weighted by Gasteiger charge is -2.14. The lowest BCUT2D eigenvalue weighted by atomic mass is 10.2. The first-order valence-corrected chi connectivity index (χ1v) is 5.90. The van der Waals surface area contributed by atoms with Crippen molar-refractivity contribution >= 4 is 23.5 Å². The van der Waals surface area contributed by atoms with Gasteiger partial charge in [0.15, 0.2) is 0 Å². The van der Waals surface area contributed by atoms with Crippen LogP contribution in [0.3, 0.4) is 0 Å². The van der Waals surface area contributed by atoms with Crippen molar-refractivity contribution in [3.8, 4) is 0 Å². The third-order valence-corrected chi connectivity index (χ3v) is 3.59. The van der Waals surface area contributed by atoms with Gasteiger partial charge in [-0.3, -0.25) is 0 Å². The van der Waals surface area contributed by atoms with E-state index in [-0.39, 0.29) is 0 Å². The molecule has 0 aliphatic heterocycles. The number of anilines is 2. The Hall–Kier alpha value is -0.970. The Morgan fingerprint density at radius 2 is 2.00 bits per heavy atom. The summed E-state index contributed by atoms with van der Waals surface area (Å²) in [6.07, 6.45) is 0. The molecule has 0 saturated carbocycles. The molecular formula is C10H18N4S. The first kappa shape index (κ1) is 12.1. The molecule has 0 radical (unpaired) electrons. The Morgan fingerprint density at radius 1 is 1.33 bits per heavy atom. The SMILES string of the molecule is CNc1cc(SC(C)C(C)C)nc(N)n1. The molecule has 15 heavy (non-hydrogen) atoms. The topological polar surface area (TPSA) is 63.8 Å². The minimum atomic E-state index is 0.320. The van der Waals surface area contributed by atoms with E-state index in [2.05, 4.69) is 36.1 Å². The molecule has 1 atom stereocenters. The first-order chi connectivity index (χ1) is 7.02. The number of aromatic nitrogens is 2. The van der Waals surface area contributed by atoms with Crippen molar-refractivity contribution in [1.29, 1.82) is 0 Å². The zero-order valence-corrected chi connectivity index (χ0v) is 10.4. The van der Waals surface area contributed by atoms with Gasteiger partial charge >= 0.3 is 0 Å². The number of rotatable bonds is 4. The van der Waals surface area contributed by atoms with Crippen LogP contribution in [0.5, 0.6) is 0 Å². The van der Waals surface area contributed by atoms with Crippen molar-refractivity contribution < 1.29 is 0 Å². The maximum absolute atomic E-state index is 5.61. The van der Waals surface area contributed by atoms with Gasteiger partial charge in [-0.1, -0.05) is 20.8 Å². The molecule has 84 valence electrons. The summed E-state index contributed by atoms with van der Waals surface area (Å²) in [6.45, 7) is 6.58. The molecule has 4 nitrogen and oxygen atoms in total. The smallest absolute Gasteiger partial charge is 0.223 e. The minimum Gasteiger partial charge on any atom is -0.373 e. The summed E-state index contributed by atoms with van der Waals surface area (Å²) < 4.78 is 0. The number of nitrogens with two attached hydrogens (primary N) is 1. The fourth-order valence-electron chi connectivity index (χ4n) is 0.958. The second-order valence-electron chi connectivity index (χ2n) is 3.77. The van der Waals surface area contributed by atoms with Gasteiger partial charge in [-0.25, -0.2) is 4.98 Å². The summed E-state index contributed by atoms with van der Waals surface area (Å²) in [5, 5.41) is 4.41. The molecule has 0 aliphatic rings. The monoisotopic (exact) mass is 226 g/mol.